The smallest absolute Gasteiger partial charge is 0.227 e. The molecule has 0 N–H and O–H groups in total. The summed E-state index contributed by atoms with van der Waals surface area (Å²) in [7, 11) is 0. The molecular weight excluding hydrogens is 550 g/mol. The van der Waals surface area contributed by atoms with Gasteiger partial charge in [0.1, 0.15) is 5.52 Å². The van der Waals surface area contributed by atoms with E-state index in [9.17, 15) is 0 Å². The molecule has 1 aliphatic rings. The second kappa shape index (κ2) is 10.4. The number of nitrogens with zero attached hydrogens (tertiary/aromatic N) is 3. The highest BCUT2D eigenvalue weighted by Crippen LogP contribution is 2.43. The number of hydrogen-bond donors (Lipinski definition) is 0. The molecule has 214 valence electrons. The molecule has 0 saturated carbocycles. The Bertz CT molecular complexity index is 2410. The molecule has 0 amide bonds. The Labute approximate surface area is 260 Å². The van der Waals surface area contributed by atoms with Gasteiger partial charge in [0.2, 0.25) is 5.89 Å². The van der Waals surface area contributed by atoms with E-state index in [0.29, 0.717) is 5.89 Å². The first kappa shape index (κ1) is 25.6. The van der Waals surface area contributed by atoms with Crippen LogP contribution in [0.5, 0.6) is 0 Å². The summed E-state index contributed by atoms with van der Waals surface area (Å²) in [5.41, 5.74) is 8.42. The second-order valence-electron chi connectivity index (χ2n) is 11.5. The summed E-state index contributed by atoms with van der Waals surface area (Å²) in [5, 5.41) is 4.69. The van der Waals surface area contributed by atoms with Gasteiger partial charge in [-0.3, -0.25) is 0 Å². The summed E-state index contributed by atoms with van der Waals surface area (Å²) in [5.74, 6) is 0.633. The number of anilines is 3. The number of oxazole rings is 1. The zero-order valence-electron chi connectivity index (χ0n) is 24.5. The van der Waals surface area contributed by atoms with E-state index in [1.165, 1.54) is 21.8 Å². The lowest BCUT2D eigenvalue weighted by atomic mass is 10.0. The van der Waals surface area contributed by atoms with Gasteiger partial charge in [-0.25, -0.2) is 4.98 Å². The van der Waals surface area contributed by atoms with Crippen LogP contribution in [0.3, 0.4) is 0 Å². The number of para-hydroxylation sites is 2. The minimum atomic E-state index is 0.289. The molecule has 8 aromatic rings. The highest BCUT2D eigenvalue weighted by Gasteiger charge is 2.21. The highest BCUT2D eigenvalue weighted by atomic mass is 16.3. The number of rotatable bonds is 5. The lowest BCUT2D eigenvalue weighted by Gasteiger charge is -2.27. The number of benzene rings is 6. The zero-order chi connectivity index (χ0) is 29.7. The maximum atomic E-state index is 6.24. The fraction of sp³-hybridized carbons (Fsp3) is 0.0488. The molecule has 0 saturated heterocycles. The van der Waals surface area contributed by atoms with E-state index in [0.717, 1.165) is 50.9 Å². The minimum Gasteiger partial charge on any atom is -0.436 e. The van der Waals surface area contributed by atoms with Crippen LogP contribution >= 0.6 is 0 Å². The maximum Gasteiger partial charge on any atom is 0.227 e. The molecule has 0 spiro atoms. The van der Waals surface area contributed by atoms with E-state index in [-0.39, 0.29) is 6.04 Å². The first-order valence-corrected chi connectivity index (χ1v) is 15.4. The van der Waals surface area contributed by atoms with Gasteiger partial charge in [-0.05, 0) is 73.2 Å². The third kappa shape index (κ3) is 4.18. The van der Waals surface area contributed by atoms with Gasteiger partial charge in [0.05, 0.1) is 11.7 Å². The van der Waals surface area contributed by atoms with Crippen molar-refractivity contribution in [3.63, 3.8) is 0 Å². The minimum absolute atomic E-state index is 0.289. The predicted molar refractivity (Wildman–Crippen MR) is 187 cm³/mol. The highest BCUT2D eigenvalue weighted by molar-refractivity contribution is 6.12. The topological polar surface area (TPSA) is 34.2 Å². The fourth-order valence-corrected chi connectivity index (χ4v) is 6.88. The molecule has 0 aliphatic heterocycles. The van der Waals surface area contributed by atoms with Crippen molar-refractivity contribution < 1.29 is 4.42 Å². The maximum absolute atomic E-state index is 6.24. The average molecular weight is 580 g/mol. The van der Waals surface area contributed by atoms with E-state index < -0.39 is 0 Å². The summed E-state index contributed by atoms with van der Waals surface area (Å²) < 4.78 is 8.73. The van der Waals surface area contributed by atoms with Crippen LogP contribution in [0.4, 0.5) is 17.1 Å². The quantitative estimate of drug-likeness (QED) is 0.203. The monoisotopic (exact) mass is 579 g/mol. The Morgan fingerprint density at radius 2 is 1.40 bits per heavy atom. The van der Waals surface area contributed by atoms with Gasteiger partial charge in [0, 0.05) is 49.5 Å². The van der Waals surface area contributed by atoms with Crippen molar-refractivity contribution in [2.24, 2.45) is 0 Å². The standard InChI is InChI=1S/C41H29N3O/c1-4-13-28(14-5-1)41-42-40-34-20-12-22-36(33(34)24-26-39(40)45-41)43(29-15-6-2-7-16-29)31-23-25-38-35(27-31)32-19-10-11-21-37(32)44(38)30-17-8-3-9-18-30/h1-17,19-27,30H,18H2. The number of aromatic nitrogens is 2. The molecule has 0 fully saturated rings. The summed E-state index contributed by atoms with van der Waals surface area (Å²) in [6, 6.07) is 47.3. The average Bonchev–Trinajstić information content (AvgIpc) is 3.70. The summed E-state index contributed by atoms with van der Waals surface area (Å²) in [4.78, 5) is 7.34. The molecule has 4 nitrogen and oxygen atoms in total. The number of fused-ring (bicyclic) bond motifs is 6. The van der Waals surface area contributed by atoms with Gasteiger partial charge in [0.25, 0.3) is 0 Å². The third-order valence-corrected chi connectivity index (χ3v) is 8.91. The van der Waals surface area contributed by atoms with Crippen LogP contribution < -0.4 is 4.90 Å². The molecular formula is C41H29N3O. The Morgan fingerprint density at radius 3 is 2.24 bits per heavy atom. The summed E-state index contributed by atoms with van der Waals surface area (Å²) in [6.45, 7) is 0. The van der Waals surface area contributed by atoms with Crippen molar-refractivity contribution in [3.05, 3.63) is 158 Å². The van der Waals surface area contributed by atoms with Gasteiger partial charge < -0.3 is 13.9 Å². The van der Waals surface area contributed by atoms with E-state index in [2.05, 4.69) is 131 Å². The Kier molecular flexibility index (Phi) is 5.91. The van der Waals surface area contributed by atoms with Crippen LogP contribution in [0.15, 0.2) is 162 Å². The first-order valence-electron chi connectivity index (χ1n) is 15.4. The molecule has 45 heavy (non-hydrogen) atoms. The van der Waals surface area contributed by atoms with Crippen molar-refractivity contribution in [3.8, 4) is 11.5 Å². The largest absolute Gasteiger partial charge is 0.436 e. The fourth-order valence-electron chi connectivity index (χ4n) is 6.88. The molecule has 2 aromatic heterocycles. The third-order valence-electron chi connectivity index (χ3n) is 8.91. The van der Waals surface area contributed by atoms with E-state index in [1.807, 2.05) is 36.4 Å². The molecule has 9 rings (SSSR count). The molecule has 0 radical (unpaired) electrons. The van der Waals surface area contributed by atoms with Gasteiger partial charge in [-0.1, -0.05) is 91.0 Å². The van der Waals surface area contributed by atoms with Crippen molar-refractivity contribution in [2.45, 2.75) is 12.5 Å². The summed E-state index contributed by atoms with van der Waals surface area (Å²) >= 11 is 0. The van der Waals surface area contributed by atoms with E-state index in [1.54, 1.807) is 0 Å². The van der Waals surface area contributed by atoms with Crippen molar-refractivity contribution in [1.82, 2.24) is 9.55 Å². The summed E-state index contributed by atoms with van der Waals surface area (Å²) in [6.07, 6.45) is 9.85. The van der Waals surface area contributed by atoms with Crippen LogP contribution in [0.1, 0.15) is 12.5 Å². The molecule has 1 atom stereocenters. The zero-order valence-corrected chi connectivity index (χ0v) is 24.5. The van der Waals surface area contributed by atoms with Crippen LogP contribution in [-0.4, -0.2) is 9.55 Å². The first-order chi connectivity index (χ1) is 22.3. The van der Waals surface area contributed by atoms with Crippen molar-refractivity contribution in [2.75, 3.05) is 4.90 Å². The lowest BCUT2D eigenvalue weighted by molar-refractivity contribution is 0.620. The normalized spacial score (nSPS) is 14.6. The van der Waals surface area contributed by atoms with Crippen molar-refractivity contribution in [1.29, 1.82) is 0 Å². The predicted octanol–water partition coefficient (Wildman–Crippen LogP) is 11.3. The van der Waals surface area contributed by atoms with Gasteiger partial charge in [-0.15, -0.1) is 0 Å². The van der Waals surface area contributed by atoms with Crippen LogP contribution in [0.2, 0.25) is 0 Å². The second-order valence-corrected chi connectivity index (χ2v) is 11.5. The Morgan fingerprint density at radius 1 is 0.622 bits per heavy atom. The molecule has 1 unspecified atom stereocenters. The van der Waals surface area contributed by atoms with Gasteiger partial charge in [0.15, 0.2) is 5.58 Å². The number of hydrogen-bond acceptors (Lipinski definition) is 3. The molecule has 4 heteroatoms. The van der Waals surface area contributed by atoms with Gasteiger partial charge in [-0.2, -0.15) is 0 Å². The van der Waals surface area contributed by atoms with E-state index in [4.69, 9.17) is 9.40 Å². The molecule has 1 aliphatic carbocycles. The molecule has 0 bridgehead atoms. The Balaban J connectivity index is 1.26. The molecule has 6 aromatic carbocycles. The SMILES string of the molecule is C1=CCC(n2c3ccccc3c3cc(N(c4ccccc4)c4cccc5c4ccc4oc(-c6ccccc6)nc45)ccc32)C=C1. The van der Waals surface area contributed by atoms with E-state index >= 15 is 0 Å². The van der Waals surface area contributed by atoms with Crippen LogP contribution in [-0.2, 0) is 0 Å². The van der Waals surface area contributed by atoms with Gasteiger partial charge >= 0.3 is 0 Å². The lowest BCUT2D eigenvalue weighted by Crippen LogP contribution is -2.10. The van der Waals surface area contributed by atoms with Crippen LogP contribution in [0, 0.1) is 0 Å². The molecule has 2 heterocycles. The Hall–Kier alpha value is -5.87. The van der Waals surface area contributed by atoms with Crippen LogP contribution in [0.25, 0.3) is 55.1 Å². The van der Waals surface area contributed by atoms with Crippen molar-refractivity contribution >= 4 is 60.7 Å². The number of allylic oxidation sites excluding steroid dienone is 4.